The Hall–Kier alpha value is -1.51. The lowest BCUT2D eigenvalue weighted by Gasteiger charge is -2.24. The van der Waals surface area contributed by atoms with Gasteiger partial charge in [-0.25, -0.2) is 0 Å². The summed E-state index contributed by atoms with van der Waals surface area (Å²) in [5, 5.41) is 12.1. The van der Waals surface area contributed by atoms with Crippen molar-refractivity contribution in [3.05, 3.63) is 24.4 Å². The molecule has 4 rings (SSSR count). The van der Waals surface area contributed by atoms with Crippen molar-refractivity contribution in [3.8, 4) is 0 Å². The predicted molar refractivity (Wildman–Crippen MR) is 69.0 cm³/mol. The van der Waals surface area contributed by atoms with E-state index in [4.69, 9.17) is 0 Å². The lowest BCUT2D eigenvalue weighted by atomic mass is 9.95. The van der Waals surface area contributed by atoms with Crippen molar-refractivity contribution in [1.29, 1.82) is 0 Å². The van der Waals surface area contributed by atoms with Crippen LogP contribution in [0.2, 0.25) is 0 Å². The Morgan fingerprint density at radius 2 is 2.29 bits per heavy atom. The van der Waals surface area contributed by atoms with Crippen molar-refractivity contribution in [3.63, 3.8) is 0 Å². The van der Waals surface area contributed by atoms with Crippen molar-refractivity contribution in [2.45, 2.75) is 31.7 Å². The lowest BCUT2D eigenvalue weighted by molar-refractivity contribution is 0.440. The van der Waals surface area contributed by atoms with Gasteiger partial charge >= 0.3 is 0 Å². The summed E-state index contributed by atoms with van der Waals surface area (Å²) in [5.74, 6) is 1.95. The van der Waals surface area contributed by atoms with Gasteiger partial charge in [0, 0.05) is 11.4 Å². The standard InChI is InChI=1S/C14H17N3/c1-3-9-7-11(9)12(5-1)16-13-6-2-4-10-8-15-17-14(10)13/h2,4,6,8-9,11-12,16H,1,3,5,7H2,(H,15,17)/t9-,11+,12?/m0/s1. The minimum atomic E-state index is 0.683. The van der Waals surface area contributed by atoms with Gasteiger partial charge in [-0.05, 0) is 30.7 Å². The summed E-state index contributed by atoms with van der Waals surface area (Å²) in [6.45, 7) is 0. The number of hydrogen-bond acceptors (Lipinski definition) is 2. The van der Waals surface area contributed by atoms with Crippen LogP contribution in [0.3, 0.4) is 0 Å². The number of aromatic nitrogens is 2. The molecule has 3 heteroatoms. The molecule has 3 atom stereocenters. The number of fused-ring (bicyclic) bond motifs is 2. The van der Waals surface area contributed by atoms with Gasteiger partial charge in [0.25, 0.3) is 0 Å². The Bertz CT molecular complexity index is 545. The van der Waals surface area contributed by atoms with E-state index in [2.05, 4.69) is 33.7 Å². The van der Waals surface area contributed by atoms with E-state index in [9.17, 15) is 0 Å². The lowest BCUT2D eigenvalue weighted by Crippen LogP contribution is -2.25. The molecule has 1 heterocycles. The molecule has 2 N–H and O–H groups in total. The van der Waals surface area contributed by atoms with Crippen molar-refractivity contribution in [2.75, 3.05) is 5.32 Å². The Morgan fingerprint density at radius 3 is 3.29 bits per heavy atom. The number of aromatic amines is 1. The van der Waals surface area contributed by atoms with Crippen molar-refractivity contribution < 1.29 is 0 Å². The van der Waals surface area contributed by atoms with Gasteiger partial charge in [0.2, 0.25) is 0 Å². The van der Waals surface area contributed by atoms with E-state index in [-0.39, 0.29) is 0 Å². The second-order valence-corrected chi connectivity index (χ2v) is 5.48. The highest BCUT2D eigenvalue weighted by Gasteiger charge is 2.45. The Balaban J connectivity index is 1.64. The summed E-state index contributed by atoms with van der Waals surface area (Å²) in [6.07, 6.45) is 7.50. The maximum Gasteiger partial charge on any atom is 0.0881 e. The zero-order valence-electron chi connectivity index (χ0n) is 9.82. The molecule has 2 aromatic rings. The fraction of sp³-hybridized carbons (Fsp3) is 0.500. The molecule has 88 valence electrons. The van der Waals surface area contributed by atoms with Gasteiger partial charge in [-0.1, -0.05) is 25.0 Å². The summed E-state index contributed by atoms with van der Waals surface area (Å²) < 4.78 is 0. The van der Waals surface area contributed by atoms with Gasteiger partial charge < -0.3 is 5.32 Å². The molecule has 0 spiro atoms. The van der Waals surface area contributed by atoms with Crippen LogP contribution in [-0.4, -0.2) is 16.2 Å². The second-order valence-electron chi connectivity index (χ2n) is 5.48. The van der Waals surface area contributed by atoms with Crippen LogP contribution in [0.1, 0.15) is 25.7 Å². The molecule has 3 nitrogen and oxygen atoms in total. The van der Waals surface area contributed by atoms with Gasteiger partial charge in [0.05, 0.1) is 17.4 Å². The first kappa shape index (κ1) is 9.51. The number of rotatable bonds is 2. The van der Waals surface area contributed by atoms with Crippen molar-refractivity contribution >= 4 is 16.6 Å². The summed E-state index contributed by atoms with van der Waals surface area (Å²) in [4.78, 5) is 0. The van der Waals surface area contributed by atoms with E-state index in [1.807, 2.05) is 6.20 Å². The molecule has 0 aliphatic heterocycles. The number of benzene rings is 1. The minimum Gasteiger partial charge on any atom is -0.380 e. The molecule has 2 saturated carbocycles. The van der Waals surface area contributed by atoms with Crippen LogP contribution in [-0.2, 0) is 0 Å². The number of anilines is 1. The maximum absolute atomic E-state index is 4.12. The van der Waals surface area contributed by atoms with Crippen LogP contribution in [0.15, 0.2) is 24.4 Å². The topological polar surface area (TPSA) is 40.7 Å². The van der Waals surface area contributed by atoms with Crippen LogP contribution in [0.25, 0.3) is 10.9 Å². The number of nitrogens with zero attached hydrogens (tertiary/aromatic N) is 1. The molecular formula is C14H17N3. The molecule has 1 aromatic carbocycles. The van der Waals surface area contributed by atoms with E-state index >= 15 is 0 Å². The first-order valence-electron chi connectivity index (χ1n) is 6.60. The molecule has 1 aromatic heterocycles. The van der Waals surface area contributed by atoms with Gasteiger partial charge in [0.15, 0.2) is 0 Å². The average Bonchev–Trinajstić information content (AvgIpc) is 2.99. The molecule has 2 aliphatic rings. The first-order valence-corrected chi connectivity index (χ1v) is 6.60. The van der Waals surface area contributed by atoms with Gasteiger partial charge in [0.1, 0.15) is 0 Å². The van der Waals surface area contributed by atoms with Crippen molar-refractivity contribution in [1.82, 2.24) is 10.2 Å². The smallest absolute Gasteiger partial charge is 0.0881 e. The third-order valence-electron chi connectivity index (χ3n) is 4.40. The quantitative estimate of drug-likeness (QED) is 0.827. The zero-order valence-corrected chi connectivity index (χ0v) is 9.82. The molecule has 0 radical (unpaired) electrons. The molecule has 0 saturated heterocycles. The summed E-state index contributed by atoms with van der Waals surface area (Å²) in [5.41, 5.74) is 2.37. The molecular weight excluding hydrogens is 210 g/mol. The molecule has 2 fully saturated rings. The fourth-order valence-electron chi connectivity index (χ4n) is 3.38. The minimum absolute atomic E-state index is 0.683. The third kappa shape index (κ3) is 1.53. The molecule has 2 aliphatic carbocycles. The first-order chi connectivity index (χ1) is 8.42. The highest BCUT2D eigenvalue weighted by molar-refractivity contribution is 5.90. The van der Waals surface area contributed by atoms with E-state index in [1.165, 1.54) is 36.8 Å². The monoisotopic (exact) mass is 227 g/mol. The van der Waals surface area contributed by atoms with Gasteiger partial charge in [-0.3, -0.25) is 5.10 Å². The van der Waals surface area contributed by atoms with Crippen LogP contribution >= 0.6 is 0 Å². The fourth-order valence-corrected chi connectivity index (χ4v) is 3.38. The van der Waals surface area contributed by atoms with Gasteiger partial charge in [-0.15, -0.1) is 0 Å². The van der Waals surface area contributed by atoms with E-state index in [1.54, 1.807) is 0 Å². The van der Waals surface area contributed by atoms with Gasteiger partial charge in [-0.2, -0.15) is 5.10 Å². The number of H-pyrrole nitrogens is 1. The van der Waals surface area contributed by atoms with E-state index < -0.39 is 0 Å². The zero-order chi connectivity index (χ0) is 11.2. The van der Waals surface area contributed by atoms with E-state index in [0.717, 1.165) is 17.4 Å². The number of nitrogens with one attached hydrogen (secondary N) is 2. The average molecular weight is 227 g/mol. The molecule has 1 unspecified atom stereocenters. The second kappa shape index (κ2) is 3.49. The summed E-state index contributed by atoms with van der Waals surface area (Å²) in [7, 11) is 0. The molecule has 0 amide bonds. The molecule has 17 heavy (non-hydrogen) atoms. The predicted octanol–water partition coefficient (Wildman–Crippen LogP) is 3.16. The summed E-state index contributed by atoms with van der Waals surface area (Å²) in [6, 6.07) is 7.05. The normalized spacial score (nSPS) is 31.2. The SMILES string of the molecule is c1cc(NC2CCC[C@H]3C[C@@H]23)c2[nH]ncc2c1. The Labute approximate surface area is 101 Å². The Kier molecular flexibility index (Phi) is 1.95. The third-order valence-corrected chi connectivity index (χ3v) is 4.40. The van der Waals surface area contributed by atoms with Crippen LogP contribution in [0.4, 0.5) is 5.69 Å². The van der Waals surface area contributed by atoms with Crippen LogP contribution < -0.4 is 5.32 Å². The number of hydrogen-bond donors (Lipinski definition) is 2. The maximum atomic E-state index is 4.12. The van der Waals surface area contributed by atoms with E-state index in [0.29, 0.717) is 6.04 Å². The highest BCUT2D eigenvalue weighted by atomic mass is 15.1. The van der Waals surface area contributed by atoms with Crippen LogP contribution in [0, 0.1) is 11.8 Å². The Morgan fingerprint density at radius 1 is 1.29 bits per heavy atom. The highest BCUT2D eigenvalue weighted by Crippen LogP contribution is 2.50. The summed E-state index contributed by atoms with van der Waals surface area (Å²) >= 11 is 0. The van der Waals surface area contributed by atoms with Crippen LogP contribution in [0.5, 0.6) is 0 Å². The largest absolute Gasteiger partial charge is 0.380 e. The molecule has 0 bridgehead atoms. The van der Waals surface area contributed by atoms with Crippen molar-refractivity contribution in [2.24, 2.45) is 11.8 Å². The number of para-hydroxylation sites is 1.